The molecule has 0 radical (unpaired) electrons. The predicted molar refractivity (Wildman–Crippen MR) is 134 cm³/mol. The van der Waals surface area contributed by atoms with Crippen LogP contribution in [0.5, 0.6) is 0 Å². The van der Waals surface area contributed by atoms with Gasteiger partial charge in [0.1, 0.15) is 0 Å². The number of imidazole rings is 1. The predicted octanol–water partition coefficient (Wildman–Crippen LogP) is 3.62. The standard InChI is InChI=1S/C25H29N3O4S2/c1-18-8-10-19(11-9-18)28-23-7-3-2-6-22(23)26-25(28)33-16-24(29)27(15-21-5-4-13-32-21)20-12-14-34(30,31)17-20/h2-3,6-11,20-21H,4-5,12-17H2,1H3/t20-,21+/m1/s1. The zero-order chi connectivity index (χ0) is 23.7. The average Bonchev–Trinajstić information content (AvgIpc) is 3.55. The Kier molecular flexibility index (Phi) is 6.68. The van der Waals surface area contributed by atoms with E-state index in [2.05, 4.69) is 35.8 Å². The van der Waals surface area contributed by atoms with Crippen LogP contribution in [0, 0.1) is 6.92 Å². The summed E-state index contributed by atoms with van der Waals surface area (Å²) in [7, 11) is -3.10. The van der Waals surface area contributed by atoms with Gasteiger partial charge in [-0.2, -0.15) is 0 Å². The van der Waals surface area contributed by atoms with Crippen LogP contribution < -0.4 is 0 Å². The Hall–Kier alpha value is -2.36. The minimum absolute atomic E-state index is 0.0191. The van der Waals surface area contributed by atoms with Gasteiger partial charge in [0.15, 0.2) is 15.0 Å². The average molecular weight is 500 g/mol. The van der Waals surface area contributed by atoms with E-state index in [1.165, 1.54) is 17.3 Å². The molecule has 180 valence electrons. The third-order valence-corrected chi connectivity index (χ3v) is 9.21. The summed E-state index contributed by atoms with van der Waals surface area (Å²) in [6.45, 7) is 3.20. The molecule has 2 fully saturated rings. The fourth-order valence-corrected chi connectivity index (χ4v) is 7.38. The molecular weight excluding hydrogens is 470 g/mol. The van der Waals surface area contributed by atoms with Crippen LogP contribution in [-0.4, -0.2) is 71.3 Å². The van der Waals surface area contributed by atoms with Crippen molar-refractivity contribution in [2.75, 3.05) is 30.4 Å². The molecule has 2 aromatic carbocycles. The third-order valence-electron chi connectivity index (χ3n) is 6.54. The summed E-state index contributed by atoms with van der Waals surface area (Å²) in [5, 5.41) is 0.745. The highest BCUT2D eigenvalue weighted by molar-refractivity contribution is 7.99. The number of carbonyl (C=O) groups excluding carboxylic acids is 1. The molecule has 2 atom stereocenters. The Morgan fingerprint density at radius 1 is 1.18 bits per heavy atom. The molecular formula is C25H29N3O4S2. The fraction of sp³-hybridized carbons (Fsp3) is 0.440. The Balaban J connectivity index is 1.39. The molecule has 0 spiro atoms. The van der Waals surface area contributed by atoms with Crippen molar-refractivity contribution in [3.05, 3.63) is 54.1 Å². The molecule has 1 aromatic heterocycles. The number of sulfone groups is 1. The topological polar surface area (TPSA) is 81.5 Å². The number of nitrogens with zero attached hydrogens (tertiary/aromatic N) is 3. The van der Waals surface area contributed by atoms with Gasteiger partial charge < -0.3 is 9.64 Å². The van der Waals surface area contributed by atoms with Crippen molar-refractivity contribution in [3.63, 3.8) is 0 Å². The van der Waals surface area contributed by atoms with Crippen LogP contribution in [0.1, 0.15) is 24.8 Å². The van der Waals surface area contributed by atoms with E-state index in [-0.39, 0.29) is 35.3 Å². The molecule has 1 amide bonds. The maximum Gasteiger partial charge on any atom is 0.233 e. The van der Waals surface area contributed by atoms with Crippen LogP contribution in [0.2, 0.25) is 0 Å². The van der Waals surface area contributed by atoms with Crippen LogP contribution in [0.3, 0.4) is 0 Å². The Labute approximate surface area is 204 Å². The lowest BCUT2D eigenvalue weighted by Gasteiger charge is -2.30. The summed E-state index contributed by atoms with van der Waals surface area (Å²) in [6, 6.07) is 15.9. The van der Waals surface area contributed by atoms with Crippen molar-refractivity contribution in [1.29, 1.82) is 0 Å². The first kappa shape index (κ1) is 23.4. The number of rotatable bonds is 7. The van der Waals surface area contributed by atoms with Gasteiger partial charge in [0.25, 0.3) is 0 Å². The van der Waals surface area contributed by atoms with Crippen molar-refractivity contribution in [3.8, 4) is 5.69 Å². The Bertz CT molecular complexity index is 1280. The maximum atomic E-state index is 13.4. The lowest BCUT2D eigenvalue weighted by Crippen LogP contribution is -2.46. The number of para-hydroxylation sites is 2. The normalized spacial score (nSPS) is 21.8. The van der Waals surface area contributed by atoms with Gasteiger partial charge in [0, 0.05) is 24.9 Å². The monoisotopic (exact) mass is 499 g/mol. The minimum Gasteiger partial charge on any atom is -0.376 e. The van der Waals surface area contributed by atoms with E-state index in [1.54, 1.807) is 4.90 Å². The molecule has 2 aliphatic rings. The third kappa shape index (κ3) is 5.01. The molecule has 3 aromatic rings. The molecule has 2 saturated heterocycles. The van der Waals surface area contributed by atoms with E-state index in [9.17, 15) is 13.2 Å². The quantitative estimate of drug-likeness (QED) is 0.462. The Morgan fingerprint density at radius 3 is 2.68 bits per heavy atom. The Morgan fingerprint density at radius 2 is 1.97 bits per heavy atom. The number of aryl methyl sites for hydroxylation is 1. The molecule has 9 heteroatoms. The SMILES string of the molecule is Cc1ccc(-n2c(SCC(=O)N(C[C@@H]3CCCO3)[C@@H]3CCS(=O)(=O)C3)nc3ccccc32)cc1. The van der Waals surface area contributed by atoms with Crippen LogP contribution in [0.25, 0.3) is 16.7 Å². The lowest BCUT2D eigenvalue weighted by molar-refractivity contribution is -0.131. The van der Waals surface area contributed by atoms with E-state index in [4.69, 9.17) is 9.72 Å². The summed E-state index contributed by atoms with van der Waals surface area (Å²) in [5.41, 5.74) is 4.02. The van der Waals surface area contributed by atoms with Crippen LogP contribution >= 0.6 is 11.8 Å². The largest absolute Gasteiger partial charge is 0.376 e. The zero-order valence-corrected chi connectivity index (χ0v) is 20.9. The van der Waals surface area contributed by atoms with Crippen molar-refractivity contribution in [1.82, 2.24) is 14.5 Å². The zero-order valence-electron chi connectivity index (χ0n) is 19.2. The van der Waals surface area contributed by atoms with E-state index >= 15 is 0 Å². The lowest BCUT2D eigenvalue weighted by atomic mass is 10.1. The number of thioether (sulfide) groups is 1. The second kappa shape index (κ2) is 9.71. The number of benzene rings is 2. The highest BCUT2D eigenvalue weighted by atomic mass is 32.2. The van der Waals surface area contributed by atoms with Crippen molar-refractivity contribution in [2.24, 2.45) is 0 Å². The second-order valence-electron chi connectivity index (χ2n) is 9.08. The van der Waals surface area contributed by atoms with Crippen LogP contribution in [0.4, 0.5) is 0 Å². The fourth-order valence-electron chi connectivity index (χ4n) is 4.74. The molecule has 34 heavy (non-hydrogen) atoms. The summed E-state index contributed by atoms with van der Waals surface area (Å²) in [4.78, 5) is 20.0. The molecule has 0 saturated carbocycles. The molecule has 3 heterocycles. The van der Waals surface area contributed by atoms with Gasteiger partial charge in [-0.1, -0.05) is 41.6 Å². The van der Waals surface area contributed by atoms with Gasteiger partial charge in [-0.25, -0.2) is 13.4 Å². The number of fused-ring (bicyclic) bond motifs is 1. The van der Waals surface area contributed by atoms with Crippen molar-refractivity contribution in [2.45, 2.75) is 43.5 Å². The first-order chi connectivity index (χ1) is 16.4. The summed E-state index contributed by atoms with van der Waals surface area (Å²) in [6.07, 6.45) is 2.35. The van der Waals surface area contributed by atoms with Gasteiger partial charge in [-0.3, -0.25) is 9.36 Å². The maximum absolute atomic E-state index is 13.4. The van der Waals surface area contributed by atoms with E-state index < -0.39 is 9.84 Å². The molecule has 5 rings (SSSR count). The highest BCUT2D eigenvalue weighted by Crippen LogP contribution is 2.29. The van der Waals surface area contributed by atoms with Crippen molar-refractivity contribution < 1.29 is 17.9 Å². The number of amides is 1. The highest BCUT2D eigenvalue weighted by Gasteiger charge is 2.36. The number of aromatic nitrogens is 2. The number of hydrogen-bond donors (Lipinski definition) is 0. The summed E-state index contributed by atoms with van der Waals surface area (Å²) < 4.78 is 32.1. The van der Waals surface area contributed by atoms with Crippen LogP contribution in [0.15, 0.2) is 53.7 Å². The van der Waals surface area contributed by atoms with Gasteiger partial charge >= 0.3 is 0 Å². The molecule has 0 N–H and O–H groups in total. The van der Waals surface area contributed by atoms with E-state index in [1.807, 2.05) is 24.3 Å². The molecule has 0 unspecified atom stereocenters. The minimum atomic E-state index is -3.10. The number of carbonyl (C=O) groups is 1. The van der Waals surface area contributed by atoms with E-state index in [0.717, 1.165) is 34.7 Å². The van der Waals surface area contributed by atoms with E-state index in [0.29, 0.717) is 19.6 Å². The van der Waals surface area contributed by atoms with Gasteiger partial charge in [-0.15, -0.1) is 0 Å². The first-order valence-electron chi connectivity index (χ1n) is 11.7. The van der Waals surface area contributed by atoms with Gasteiger partial charge in [0.2, 0.25) is 5.91 Å². The summed E-state index contributed by atoms with van der Waals surface area (Å²) in [5.74, 6) is 0.310. The van der Waals surface area contributed by atoms with Crippen molar-refractivity contribution >= 4 is 38.5 Å². The number of hydrogen-bond acceptors (Lipinski definition) is 6. The molecule has 0 bridgehead atoms. The first-order valence-corrected chi connectivity index (χ1v) is 14.5. The summed E-state index contributed by atoms with van der Waals surface area (Å²) >= 11 is 1.40. The smallest absolute Gasteiger partial charge is 0.233 e. The van der Waals surface area contributed by atoms with Gasteiger partial charge in [-0.05, 0) is 50.5 Å². The second-order valence-corrected chi connectivity index (χ2v) is 12.3. The number of ether oxygens (including phenoxy) is 1. The van der Waals surface area contributed by atoms with Gasteiger partial charge in [0.05, 0.1) is 34.4 Å². The molecule has 7 nitrogen and oxygen atoms in total. The molecule has 0 aliphatic carbocycles. The molecule has 2 aliphatic heterocycles. The van der Waals surface area contributed by atoms with Crippen LogP contribution in [-0.2, 0) is 19.4 Å².